The average Bonchev–Trinajstić information content (AvgIpc) is 2.47. The quantitative estimate of drug-likeness (QED) is 0.896. The molecule has 0 heterocycles. The zero-order valence-corrected chi connectivity index (χ0v) is 13.2. The molecule has 1 aromatic carbocycles. The standard InChI is InChI=1S/C17H26N2O2/c1-4-18-13-5-7-14(8-6-13)19(3)17(21)16-10-9-15(20)11-12(16)2/h9-11,13-14,18,20H,4-8H2,1-3H3. The van der Waals surface area contributed by atoms with Gasteiger partial charge >= 0.3 is 0 Å². The minimum Gasteiger partial charge on any atom is -0.508 e. The van der Waals surface area contributed by atoms with Gasteiger partial charge in [-0.1, -0.05) is 6.92 Å². The number of nitrogens with zero attached hydrogens (tertiary/aromatic N) is 1. The molecule has 116 valence electrons. The number of nitrogens with one attached hydrogen (secondary N) is 1. The molecule has 4 heteroatoms. The fourth-order valence-corrected chi connectivity index (χ4v) is 3.20. The maximum absolute atomic E-state index is 12.6. The Morgan fingerprint density at radius 1 is 1.33 bits per heavy atom. The van der Waals surface area contributed by atoms with Crippen LogP contribution in [-0.2, 0) is 0 Å². The number of aromatic hydroxyl groups is 1. The van der Waals surface area contributed by atoms with Crippen LogP contribution in [0.2, 0.25) is 0 Å². The zero-order chi connectivity index (χ0) is 15.4. The highest BCUT2D eigenvalue weighted by molar-refractivity contribution is 5.95. The first-order valence-electron chi connectivity index (χ1n) is 7.83. The number of carbonyl (C=O) groups excluding carboxylic acids is 1. The van der Waals surface area contributed by atoms with Crippen molar-refractivity contribution in [3.63, 3.8) is 0 Å². The molecule has 1 aliphatic rings. The lowest BCUT2D eigenvalue weighted by Crippen LogP contribution is -2.43. The van der Waals surface area contributed by atoms with Crippen molar-refractivity contribution in [2.24, 2.45) is 0 Å². The van der Waals surface area contributed by atoms with Crippen molar-refractivity contribution < 1.29 is 9.90 Å². The van der Waals surface area contributed by atoms with Crippen LogP contribution in [0.15, 0.2) is 18.2 Å². The molecule has 1 aliphatic carbocycles. The smallest absolute Gasteiger partial charge is 0.254 e. The second kappa shape index (κ2) is 6.94. The molecule has 21 heavy (non-hydrogen) atoms. The van der Waals surface area contributed by atoms with E-state index in [0.29, 0.717) is 17.6 Å². The summed E-state index contributed by atoms with van der Waals surface area (Å²) in [6.07, 6.45) is 4.36. The molecule has 0 unspecified atom stereocenters. The summed E-state index contributed by atoms with van der Waals surface area (Å²) in [5, 5.41) is 12.9. The fraction of sp³-hybridized carbons (Fsp3) is 0.588. The molecule has 1 aromatic rings. The molecule has 0 spiro atoms. The third-order valence-electron chi connectivity index (χ3n) is 4.50. The highest BCUT2D eigenvalue weighted by atomic mass is 16.3. The lowest BCUT2D eigenvalue weighted by molar-refractivity contribution is 0.0684. The van der Waals surface area contributed by atoms with Gasteiger partial charge in [-0.3, -0.25) is 4.79 Å². The Labute approximate surface area is 127 Å². The van der Waals surface area contributed by atoms with Gasteiger partial charge in [-0.05, 0) is 62.9 Å². The van der Waals surface area contributed by atoms with E-state index >= 15 is 0 Å². The van der Waals surface area contributed by atoms with Gasteiger partial charge in [0.05, 0.1) is 0 Å². The summed E-state index contributed by atoms with van der Waals surface area (Å²) in [5.74, 6) is 0.261. The van der Waals surface area contributed by atoms with Crippen molar-refractivity contribution in [2.45, 2.75) is 51.6 Å². The molecule has 0 bridgehead atoms. The Kier molecular flexibility index (Phi) is 5.23. The molecule has 0 radical (unpaired) electrons. The molecule has 0 saturated heterocycles. The van der Waals surface area contributed by atoms with Crippen LogP contribution in [0.25, 0.3) is 0 Å². The molecule has 2 rings (SSSR count). The molecule has 0 aliphatic heterocycles. The molecule has 4 nitrogen and oxygen atoms in total. The number of aryl methyl sites for hydroxylation is 1. The van der Waals surface area contributed by atoms with E-state index in [1.165, 1.54) is 0 Å². The maximum atomic E-state index is 12.6. The fourth-order valence-electron chi connectivity index (χ4n) is 3.20. The monoisotopic (exact) mass is 290 g/mol. The zero-order valence-electron chi connectivity index (χ0n) is 13.2. The summed E-state index contributed by atoms with van der Waals surface area (Å²) in [6, 6.07) is 5.86. The van der Waals surface area contributed by atoms with E-state index in [4.69, 9.17) is 0 Å². The molecule has 0 atom stereocenters. The Morgan fingerprint density at radius 2 is 2.00 bits per heavy atom. The number of phenolic OH excluding ortho intramolecular Hbond substituents is 1. The predicted molar refractivity (Wildman–Crippen MR) is 84.7 cm³/mol. The lowest BCUT2D eigenvalue weighted by atomic mass is 9.90. The normalized spacial score (nSPS) is 22.0. The van der Waals surface area contributed by atoms with Crippen LogP contribution in [0.3, 0.4) is 0 Å². The summed E-state index contributed by atoms with van der Waals surface area (Å²) in [6.45, 7) is 5.01. The van der Waals surface area contributed by atoms with Crippen molar-refractivity contribution in [1.82, 2.24) is 10.2 Å². The number of hydrogen-bond acceptors (Lipinski definition) is 3. The van der Waals surface area contributed by atoms with Crippen LogP contribution in [-0.4, -0.2) is 41.6 Å². The molecule has 0 aromatic heterocycles. The number of rotatable bonds is 4. The summed E-state index contributed by atoms with van der Waals surface area (Å²) in [7, 11) is 1.90. The van der Waals surface area contributed by atoms with Crippen LogP contribution < -0.4 is 5.32 Å². The van der Waals surface area contributed by atoms with Gasteiger partial charge in [-0.2, -0.15) is 0 Å². The highest BCUT2D eigenvalue weighted by Crippen LogP contribution is 2.25. The number of hydrogen-bond donors (Lipinski definition) is 2. The lowest BCUT2D eigenvalue weighted by Gasteiger charge is -2.35. The van der Waals surface area contributed by atoms with E-state index in [1.54, 1.807) is 18.2 Å². The molecule has 1 fully saturated rings. The SMILES string of the molecule is CCNC1CCC(N(C)C(=O)c2ccc(O)cc2C)CC1. The van der Waals surface area contributed by atoms with Gasteiger partial charge in [0.1, 0.15) is 5.75 Å². The Balaban J connectivity index is 2.00. The van der Waals surface area contributed by atoms with Crippen LogP contribution >= 0.6 is 0 Å². The predicted octanol–water partition coefficient (Wildman–Crippen LogP) is 2.69. The third-order valence-corrected chi connectivity index (χ3v) is 4.50. The van der Waals surface area contributed by atoms with Gasteiger partial charge in [0.15, 0.2) is 0 Å². The summed E-state index contributed by atoms with van der Waals surface area (Å²) >= 11 is 0. The van der Waals surface area contributed by atoms with Crippen LogP contribution in [0, 0.1) is 6.92 Å². The van der Waals surface area contributed by atoms with Crippen molar-refractivity contribution >= 4 is 5.91 Å². The van der Waals surface area contributed by atoms with E-state index in [-0.39, 0.29) is 11.7 Å². The number of benzene rings is 1. The minimum atomic E-state index is 0.0550. The van der Waals surface area contributed by atoms with E-state index in [0.717, 1.165) is 37.8 Å². The summed E-state index contributed by atoms with van der Waals surface area (Å²) < 4.78 is 0. The number of amides is 1. The van der Waals surface area contributed by atoms with E-state index in [1.807, 2.05) is 18.9 Å². The topological polar surface area (TPSA) is 52.6 Å². The van der Waals surface area contributed by atoms with Crippen LogP contribution in [0.4, 0.5) is 0 Å². The van der Waals surface area contributed by atoms with Crippen LogP contribution in [0.5, 0.6) is 5.75 Å². The molecule has 1 amide bonds. The minimum absolute atomic E-state index is 0.0550. The largest absolute Gasteiger partial charge is 0.508 e. The second-order valence-electron chi connectivity index (χ2n) is 5.98. The van der Waals surface area contributed by atoms with Gasteiger partial charge < -0.3 is 15.3 Å². The Bertz CT molecular complexity index is 494. The Hall–Kier alpha value is -1.55. The molecule has 1 saturated carbocycles. The van der Waals surface area contributed by atoms with Gasteiger partial charge in [-0.25, -0.2) is 0 Å². The van der Waals surface area contributed by atoms with Crippen molar-refractivity contribution in [3.8, 4) is 5.75 Å². The maximum Gasteiger partial charge on any atom is 0.254 e. The van der Waals surface area contributed by atoms with Gasteiger partial charge in [0.25, 0.3) is 5.91 Å². The summed E-state index contributed by atoms with van der Waals surface area (Å²) in [4.78, 5) is 14.5. The van der Waals surface area contributed by atoms with Gasteiger partial charge in [0, 0.05) is 24.7 Å². The van der Waals surface area contributed by atoms with Crippen molar-refractivity contribution in [2.75, 3.05) is 13.6 Å². The summed E-state index contributed by atoms with van der Waals surface area (Å²) in [5.41, 5.74) is 1.51. The number of carbonyl (C=O) groups is 1. The Morgan fingerprint density at radius 3 is 2.57 bits per heavy atom. The van der Waals surface area contributed by atoms with Crippen LogP contribution in [0.1, 0.15) is 48.5 Å². The number of phenols is 1. The van der Waals surface area contributed by atoms with Crippen molar-refractivity contribution in [3.05, 3.63) is 29.3 Å². The highest BCUT2D eigenvalue weighted by Gasteiger charge is 2.27. The van der Waals surface area contributed by atoms with Crippen molar-refractivity contribution in [1.29, 1.82) is 0 Å². The average molecular weight is 290 g/mol. The first kappa shape index (κ1) is 15.8. The van der Waals surface area contributed by atoms with Gasteiger partial charge in [-0.15, -0.1) is 0 Å². The molecule has 2 N–H and O–H groups in total. The molecular formula is C17H26N2O2. The first-order valence-corrected chi connectivity index (χ1v) is 7.83. The second-order valence-corrected chi connectivity index (χ2v) is 5.98. The first-order chi connectivity index (χ1) is 10.0. The molecular weight excluding hydrogens is 264 g/mol. The van der Waals surface area contributed by atoms with E-state index in [2.05, 4.69) is 12.2 Å². The van der Waals surface area contributed by atoms with E-state index in [9.17, 15) is 9.90 Å². The third kappa shape index (κ3) is 3.76. The van der Waals surface area contributed by atoms with Gasteiger partial charge in [0.2, 0.25) is 0 Å². The van der Waals surface area contributed by atoms with E-state index < -0.39 is 0 Å².